The van der Waals surface area contributed by atoms with E-state index in [1.165, 1.54) is 6.07 Å². The number of hydrogen-bond acceptors (Lipinski definition) is 3. The lowest BCUT2D eigenvalue weighted by molar-refractivity contribution is 0.0889. The predicted octanol–water partition coefficient (Wildman–Crippen LogP) is 2.23. The molecule has 0 aromatic heterocycles. The minimum atomic E-state index is -0.340. The number of aliphatic hydroxyl groups is 1. The minimum absolute atomic E-state index is 0.00491. The number of Topliss-reactive ketones (excluding diaryl/α,β-unsaturated/α-hetero) is 1. The van der Waals surface area contributed by atoms with E-state index in [4.69, 9.17) is 10.8 Å². The van der Waals surface area contributed by atoms with Gasteiger partial charge in [-0.1, -0.05) is 0 Å². The summed E-state index contributed by atoms with van der Waals surface area (Å²) in [6.07, 6.45) is 2.69. The van der Waals surface area contributed by atoms with Gasteiger partial charge in [-0.3, -0.25) is 4.79 Å². The van der Waals surface area contributed by atoms with Crippen molar-refractivity contribution >= 4 is 11.5 Å². The maximum absolute atomic E-state index is 13.6. The number of carbonyl (C=O) groups is 1. The summed E-state index contributed by atoms with van der Waals surface area (Å²) in [5.41, 5.74) is 7.82. The van der Waals surface area contributed by atoms with Gasteiger partial charge in [-0.2, -0.15) is 0 Å². The molecule has 1 aliphatic rings. The summed E-state index contributed by atoms with van der Waals surface area (Å²) in [6.45, 7) is 1.78. The zero-order chi connectivity index (χ0) is 13.3. The highest BCUT2D eigenvalue weighted by Crippen LogP contribution is 2.34. The molecule has 4 heteroatoms. The van der Waals surface area contributed by atoms with Crippen molar-refractivity contribution in [3.8, 4) is 0 Å². The molecule has 0 saturated heterocycles. The second-order valence-electron chi connectivity index (χ2n) is 4.89. The van der Waals surface area contributed by atoms with Gasteiger partial charge < -0.3 is 10.8 Å². The Bertz CT molecular complexity index is 485. The Balaban J connectivity index is 2.38. The molecule has 0 amide bonds. The number of carbonyl (C=O) groups excluding carboxylic acids is 1. The summed E-state index contributed by atoms with van der Waals surface area (Å²) in [4.78, 5) is 12.3. The van der Waals surface area contributed by atoms with Crippen LogP contribution < -0.4 is 5.73 Å². The lowest BCUT2D eigenvalue weighted by Gasteiger charge is -2.26. The van der Waals surface area contributed by atoms with Gasteiger partial charge in [0.2, 0.25) is 0 Å². The van der Waals surface area contributed by atoms with Crippen LogP contribution in [-0.4, -0.2) is 17.5 Å². The van der Waals surface area contributed by atoms with Crippen LogP contribution in [-0.2, 0) is 6.42 Å². The quantitative estimate of drug-likeness (QED) is 0.810. The van der Waals surface area contributed by atoms with Crippen molar-refractivity contribution in [2.45, 2.75) is 32.6 Å². The second-order valence-corrected chi connectivity index (χ2v) is 4.89. The Morgan fingerprint density at radius 2 is 2.28 bits per heavy atom. The van der Waals surface area contributed by atoms with Gasteiger partial charge in [-0.05, 0) is 49.8 Å². The van der Waals surface area contributed by atoms with Gasteiger partial charge in [-0.25, -0.2) is 4.39 Å². The topological polar surface area (TPSA) is 63.3 Å². The van der Waals surface area contributed by atoms with Gasteiger partial charge in [0.1, 0.15) is 5.82 Å². The fourth-order valence-corrected chi connectivity index (χ4v) is 2.69. The zero-order valence-corrected chi connectivity index (χ0v) is 10.5. The molecule has 0 radical (unpaired) electrons. The second kappa shape index (κ2) is 5.06. The van der Waals surface area contributed by atoms with E-state index in [2.05, 4.69) is 0 Å². The molecule has 18 heavy (non-hydrogen) atoms. The van der Waals surface area contributed by atoms with E-state index in [0.717, 1.165) is 12.0 Å². The Morgan fingerprint density at radius 3 is 2.94 bits per heavy atom. The monoisotopic (exact) mass is 251 g/mol. The average molecular weight is 251 g/mol. The highest BCUT2D eigenvalue weighted by Gasteiger charge is 2.30. The standard InChI is InChI=1S/C14H18FNO2/c1-8-10-5-4-9(3-2-6-17)14(18)13(10)12(16)7-11(8)15/h7,9,17H,2-6,16H2,1H3. The first-order chi connectivity index (χ1) is 8.56. The molecule has 0 heterocycles. The molecule has 98 valence electrons. The van der Waals surface area contributed by atoms with Crippen LogP contribution in [0.3, 0.4) is 0 Å². The minimum Gasteiger partial charge on any atom is -0.398 e. The van der Waals surface area contributed by atoms with Crippen LogP contribution >= 0.6 is 0 Å². The summed E-state index contributed by atoms with van der Waals surface area (Å²) in [5, 5.41) is 8.83. The van der Waals surface area contributed by atoms with Gasteiger partial charge in [0.15, 0.2) is 5.78 Å². The van der Waals surface area contributed by atoms with E-state index in [-0.39, 0.29) is 29.8 Å². The van der Waals surface area contributed by atoms with Crippen LogP contribution in [0.4, 0.5) is 10.1 Å². The number of nitrogen functional groups attached to an aromatic ring is 1. The third-order valence-corrected chi connectivity index (χ3v) is 3.75. The molecule has 1 atom stereocenters. The van der Waals surface area contributed by atoms with Crippen molar-refractivity contribution in [1.29, 1.82) is 0 Å². The molecule has 1 aromatic rings. The van der Waals surface area contributed by atoms with Crippen molar-refractivity contribution in [3.05, 3.63) is 28.6 Å². The zero-order valence-electron chi connectivity index (χ0n) is 10.5. The van der Waals surface area contributed by atoms with Crippen molar-refractivity contribution in [2.75, 3.05) is 12.3 Å². The molecule has 3 nitrogen and oxygen atoms in total. The average Bonchev–Trinajstić information content (AvgIpc) is 2.34. The first kappa shape index (κ1) is 13.0. The van der Waals surface area contributed by atoms with Crippen molar-refractivity contribution < 1.29 is 14.3 Å². The fourth-order valence-electron chi connectivity index (χ4n) is 2.69. The third kappa shape index (κ3) is 2.12. The first-order valence-electron chi connectivity index (χ1n) is 6.28. The van der Waals surface area contributed by atoms with E-state index >= 15 is 0 Å². The number of ketones is 1. The summed E-state index contributed by atoms with van der Waals surface area (Å²) in [6, 6.07) is 1.24. The summed E-state index contributed by atoms with van der Waals surface area (Å²) in [5.74, 6) is -0.421. The van der Waals surface area contributed by atoms with Gasteiger partial charge in [0.25, 0.3) is 0 Å². The smallest absolute Gasteiger partial charge is 0.168 e. The van der Waals surface area contributed by atoms with E-state index < -0.39 is 0 Å². The highest BCUT2D eigenvalue weighted by molar-refractivity contribution is 6.04. The molecule has 0 fully saturated rings. The number of aliphatic hydroxyl groups excluding tert-OH is 1. The molecule has 0 aliphatic heterocycles. The van der Waals surface area contributed by atoms with Crippen LogP contribution in [0.2, 0.25) is 0 Å². The molecular formula is C14H18FNO2. The molecule has 2 rings (SSSR count). The lowest BCUT2D eigenvalue weighted by atomic mass is 9.78. The van der Waals surface area contributed by atoms with Gasteiger partial charge in [0, 0.05) is 23.8 Å². The molecule has 0 spiro atoms. The van der Waals surface area contributed by atoms with E-state index in [1.54, 1.807) is 6.92 Å². The lowest BCUT2D eigenvalue weighted by Crippen LogP contribution is -2.25. The molecule has 3 N–H and O–H groups in total. The van der Waals surface area contributed by atoms with Crippen LogP contribution in [0.25, 0.3) is 0 Å². The number of anilines is 1. The molecule has 0 saturated carbocycles. The van der Waals surface area contributed by atoms with Gasteiger partial charge >= 0.3 is 0 Å². The first-order valence-corrected chi connectivity index (χ1v) is 6.28. The van der Waals surface area contributed by atoms with Crippen LogP contribution in [0, 0.1) is 18.7 Å². The normalized spacial score (nSPS) is 18.8. The predicted molar refractivity (Wildman–Crippen MR) is 68.0 cm³/mol. The van der Waals surface area contributed by atoms with E-state index in [9.17, 15) is 9.18 Å². The maximum atomic E-state index is 13.6. The number of hydrogen-bond donors (Lipinski definition) is 2. The van der Waals surface area contributed by atoms with E-state index in [1.807, 2.05) is 0 Å². The number of nitrogens with two attached hydrogens (primary N) is 1. The maximum Gasteiger partial charge on any atom is 0.168 e. The van der Waals surface area contributed by atoms with Crippen LogP contribution in [0.1, 0.15) is 40.7 Å². The van der Waals surface area contributed by atoms with Crippen LogP contribution in [0.15, 0.2) is 6.07 Å². The number of benzene rings is 1. The van der Waals surface area contributed by atoms with Crippen molar-refractivity contribution in [3.63, 3.8) is 0 Å². The molecular weight excluding hydrogens is 233 g/mol. The van der Waals surface area contributed by atoms with Gasteiger partial charge in [0.05, 0.1) is 0 Å². The summed E-state index contributed by atoms with van der Waals surface area (Å²) in [7, 11) is 0. The van der Waals surface area contributed by atoms with Crippen molar-refractivity contribution in [1.82, 2.24) is 0 Å². The Labute approximate surface area is 106 Å². The van der Waals surface area contributed by atoms with E-state index in [0.29, 0.717) is 30.4 Å². The molecule has 1 unspecified atom stereocenters. The molecule has 1 aromatic carbocycles. The van der Waals surface area contributed by atoms with Crippen molar-refractivity contribution in [2.24, 2.45) is 5.92 Å². The Kier molecular flexibility index (Phi) is 3.66. The SMILES string of the molecule is Cc1c(F)cc(N)c2c1CCC(CCCO)C2=O. The third-order valence-electron chi connectivity index (χ3n) is 3.75. The Morgan fingerprint density at radius 1 is 1.56 bits per heavy atom. The Hall–Kier alpha value is -1.42. The largest absolute Gasteiger partial charge is 0.398 e. The molecule has 1 aliphatic carbocycles. The summed E-state index contributed by atoms with van der Waals surface area (Å²) >= 11 is 0. The van der Waals surface area contributed by atoms with Gasteiger partial charge in [-0.15, -0.1) is 0 Å². The number of halogens is 1. The number of fused-ring (bicyclic) bond motifs is 1. The van der Waals surface area contributed by atoms with Crippen LogP contribution in [0.5, 0.6) is 0 Å². The number of rotatable bonds is 3. The highest BCUT2D eigenvalue weighted by atomic mass is 19.1. The fraction of sp³-hybridized carbons (Fsp3) is 0.500. The summed E-state index contributed by atoms with van der Waals surface area (Å²) < 4.78 is 13.6. The molecule has 0 bridgehead atoms.